The second-order valence-electron chi connectivity index (χ2n) is 8.63. The molecule has 2 aromatic carbocycles. The van der Waals surface area contributed by atoms with E-state index in [2.05, 4.69) is 43.3 Å². The van der Waals surface area contributed by atoms with Crippen molar-refractivity contribution in [1.29, 1.82) is 0 Å². The van der Waals surface area contributed by atoms with Gasteiger partial charge < -0.3 is 10.1 Å². The number of aryl methyl sites for hydroxylation is 3. The van der Waals surface area contributed by atoms with E-state index in [9.17, 15) is 9.59 Å². The number of aromatic nitrogens is 3. The van der Waals surface area contributed by atoms with Crippen molar-refractivity contribution in [3.05, 3.63) is 77.0 Å². The fourth-order valence-corrected chi connectivity index (χ4v) is 5.14. The van der Waals surface area contributed by atoms with Gasteiger partial charge in [0.25, 0.3) is 0 Å². The van der Waals surface area contributed by atoms with E-state index in [1.807, 2.05) is 43.3 Å². The molecule has 1 amide bonds. The van der Waals surface area contributed by atoms with Crippen LogP contribution in [0, 0.1) is 20.8 Å². The SMILES string of the molecule is CCOC(=O)c1cnn(-c2ccccc2)c1NC(=O)C(CC)Sc1cc(C)c2cc(C)cc(C)c2n1. The van der Waals surface area contributed by atoms with Crippen LogP contribution in [-0.2, 0) is 9.53 Å². The molecule has 4 aromatic rings. The van der Waals surface area contributed by atoms with Gasteiger partial charge in [0.1, 0.15) is 5.56 Å². The number of anilines is 1. The lowest BCUT2D eigenvalue weighted by Crippen LogP contribution is -2.27. The van der Waals surface area contributed by atoms with Crippen LogP contribution in [0.3, 0.4) is 0 Å². The Morgan fingerprint density at radius 3 is 2.50 bits per heavy atom. The highest BCUT2D eigenvalue weighted by Crippen LogP contribution is 2.31. The summed E-state index contributed by atoms with van der Waals surface area (Å²) in [4.78, 5) is 30.9. The number of hydrogen-bond acceptors (Lipinski definition) is 6. The summed E-state index contributed by atoms with van der Waals surface area (Å²) in [5.74, 6) is -0.475. The Bertz CT molecular complexity index is 1420. The zero-order valence-corrected chi connectivity index (χ0v) is 22.0. The number of fused-ring (bicyclic) bond motifs is 1. The number of thioether (sulfide) groups is 1. The molecule has 0 saturated carbocycles. The molecule has 0 saturated heterocycles. The van der Waals surface area contributed by atoms with Gasteiger partial charge in [0.05, 0.1) is 34.3 Å². The van der Waals surface area contributed by atoms with Crippen LogP contribution in [0.5, 0.6) is 0 Å². The maximum Gasteiger partial charge on any atom is 0.343 e. The lowest BCUT2D eigenvalue weighted by atomic mass is 10.0. The van der Waals surface area contributed by atoms with Crippen molar-refractivity contribution < 1.29 is 14.3 Å². The molecule has 7 nitrogen and oxygen atoms in total. The number of para-hydroxylation sites is 1. The molecule has 0 spiro atoms. The largest absolute Gasteiger partial charge is 0.462 e. The Morgan fingerprint density at radius 2 is 1.81 bits per heavy atom. The molecule has 8 heteroatoms. The van der Waals surface area contributed by atoms with Crippen molar-refractivity contribution in [2.45, 2.75) is 51.3 Å². The molecule has 2 aromatic heterocycles. The van der Waals surface area contributed by atoms with Crippen molar-refractivity contribution >= 4 is 40.4 Å². The monoisotopic (exact) mass is 502 g/mol. The van der Waals surface area contributed by atoms with E-state index < -0.39 is 11.2 Å². The number of ether oxygens (including phenoxy) is 1. The summed E-state index contributed by atoms with van der Waals surface area (Å²) in [5, 5.41) is 8.80. The van der Waals surface area contributed by atoms with Gasteiger partial charge in [-0.15, -0.1) is 0 Å². The molecule has 1 unspecified atom stereocenters. The molecule has 2 heterocycles. The third-order valence-corrected chi connectivity index (χ3v) is 7.15. The number of carbonyl (C=O) groups excluding carboxylic acids is 2. The zero-order chi connectivity index (χ0) is 25.8. The molecule has 36 heavy (non-hydrogen) atoms. The van der Waals surface area contributed by atoms with Crippen LogP contribution < -0.4 is 5.32 Å². The molecular formula is C28H30N4O3S. The number of hydrogen-bond donors (Lipinski definition) is 1. The molecule has 186 valence electrons. The van der Waals surface area contributed by atoms with Crippen LogP contribution in [0.25, 0.3) is 16.6 Å². The van der Waals surface area contributed by atoms with E-state index in [0.717, 1.165) is 32.7 Å². The molecule has 0 radical (unpaired) electrons. The van der Waals surface area contributed by atoms with Gasteiger partial charge in [-0.25, -0.2) is 14.5 Å². The highest BCUT2D eigenvalue weighted by atomic mass is 32.2. The highest BCUT2D eigenvalue weighted by molar-refractivity contribution is 8.00. The van der Waals surface area contributed by atoms with Gasteiger partial charge in [0, 0.05) is 5.39 Å². The summed E-state index contributed by atoms with van der Waals surface area (Å²) in [6.07, 6.45) is 2.00. The second kappa shape index (κ2) is 11.0. The summed E-state index contributed by atoms with van der Waals surface area (Å²) in [6.45, 7) is 10.1. The number of carbonyl (C=O) groups is 2. The molecule has 0 aliphatic carbocycles. The predicted octanol–water partition coefficient (Wildman–Crippen LogP) is 6.03. The van der Waals surface area contributed by atoms with Crippen molar-refractivity contribution in [1.82, 2.24) is 14.8 Å². The Balaban J connectivity index is 1.64. The Morgan fingerprint density at radius 1 is 1.06 bits per heavy atom. The van der Waals surface area contributed by atoms with Crippen molar-refractivity contribution in [2.24, 2.45) is 0 Å². The molecule has 0 aliphatic rings. The normalized spacial score (nSPS) is 11.9. The maximum atomic E-state index is 13.5. The first-order chi connectivity index (χ1) is 17.3. The third-order valence-electron chi connectivity index (χ3n) is 5.86. The maximum absolute atomic E-state index is 13.5. The molecular weight excluding hydrogens is 472 g/mol. The smallest absolute Gasteiger partial charge is 0.343 e. The summed E-state index contributed by atoms with van der Waals surface area (Å²) in [7, 11) is 0. The first kappa shape index (κ1) is 25.4. The predicted molar refractivity (Wildman–Crippen MR) is 144 cm³/mol. The van der Waals surface area contributed by atoms with Gasteiger partial charge in [-0.1, -0.05) is 48.5 Å². The lowest BCUT2D eigenvalue weighted by Gasteiger charge is -2.17. The number of esters is 1. The number of amides is 1. The van der Waals surface area contributed by atoms with Gasteiger partial charge in [0.15, 0.2) is 5.82 Å². The van der Waals surface area contributed by atoms with E-state index in [-0.39, 0.29) is 23.9 Å². The number of pyridine rings is 1. The quantitative estimate of drug-likeness (QED) is 0.234. The summed E-state index contributed by atoms with van der Waals surface area (Å²) < 4.78 is 6.74. The summed E-state index contributed by atoms with van der Waals surface area (Å²) in [6, 6.07) is 15.6. The molecule has 4 rings (SSSR count). The zero-order valence-electron chi connectivity index (χ0n) is 21.2. The van der Waals surface area contributed by atoms with Crippen LogP contribution in [0.1, 0.15) is 47.3 Å². The Kier molecular flexibility index (Phi) is 7.74. The van der Waals surface area contributed by atoms with Crippen LogP contribution >= 0.6 is 11.8 Å². The first-order valence-corrected chi connectivity index (χ1v) is 12.9. The minimum absolute atomic E-state index is 0.208. The molecule has 1 N–H and O–H groups in total. The van der Waals surface area contributed by atoms with E-state index >= 15 is 0 Å². The Labute approximate surface area is 215 Å². The molecule has 0 fully saturated rings. The van der Waals surface area contributed by atoms with Crippen LogP contribution in [0.15, 0.2) is 59.8 Å². The lowest BCUT2D eigenvalue weighted by molar-refractivity contribution is -0.115. The Hall–Kier alpha value is -3.65. The summed E-state index contributed by atoms with van der Waals surface area (Å²) >= 11 is 1.42. The second-order valence-corrected chi connectivity index (χ2v) is 9.86. The fraction of sp³-hybridized carbons (Fsp3) is 0.286. The van der Waals surface area contributed by atoms with Gasteiger partial charge in [-0.2, -0.15) is 5.10 Å². The first-order valence-electron chi connectivity index (χ1n) is 12.0. The molecule has 1 atom stereocenters. The average molecular weight is 503 g/mol. The van der Waals surface area contributed by atoms with Gasteiger partial charge in [-0.05, 0) is 69.5 Å². The minimum Gasteiger partial charge on any atom is -0.462 e. The standard InChI is InChI=1S/C28H30N4O3S/c1-6-23(36-24-15-18(4)21-14-17(3)13-19(5)25(21)30-24)27(33)31-26-22(28(34)35-7-2)16-29-32(26)20-11-9-8-10-12-20/h8-16,23H,6-7H2,1-5H3,(H,31,33). The van der Waals surface area contributed by atoms with Gasteiger partial charge in [-0.3, -0.25) is 4.79 Å². The topological polar surface area (TPSA) is 86.1 Å². The van der Waals surface area contributed by atoms with Crippen molar-refractivity contribution in [3.63, 3.8) is 0 Å². The number of benzene rings is 2. The third kappa shape index (κ3) is 5.28. The van der Waals surface area contributed by atoms with E-state index in [1.165, 1.54) is 23.5 Å². The number of nitrogens with zero attached hydrogens (tertiary/aromatic N) is 3. The minimum atomic E-state index is -0.534. The summed E-state index contributed by atoms with van der Waals surface area (Å²) in [5.41, 5.74) is 5.31. The van der Waals surface area contributed by atoms with Gasteiger partial charge >= 0.3 is 5.97 Å². The van der Waals surface area contributed by atoms with Crippen LogP contribution in [0.2, 0.25) is 0 Å². The number of rotatable bonds is 8. The van der Waals surface area contributed by atoms with Crippen LogP contribution in [-0.4, -0.2) is 38.5 Å². The van der Waals surface area contributed by atoms with E-state index in [4.69, 9.17) is 9.72 Å². The molecule has 0 bridgehead atoms. The fourth-order valence-electron chi connectivity index (χ4n) is 4.13. The van der Waals surface area contributed by atoms with Crippen LogP contribution in [0.4, 0.5) is 5.82 Å². The average Bonchev–Trinajstić information content (AvgIpc) is 3.27. The van der Waals surface area contributed by atoms with Crippen molar-refractivity contribution in [2.75, 3.05) is 11.9 Å². The highest BCUT2D eigenvalue weighted by Gasteiger charge is 2.26. The van der Waals surface area contributed by atoms with E-state index in [0.29, 0.717) is 6.42 Å². The molecule has 0 aliphatic heterocycles. The van der Waals surface area contributed by atoms with E-state index in [1.54, 1.807) is 11.6 Å². The van der Waals surface area contributed by atoms with Crippen molar-refractivity contribution in [3.8, 4) is 5.69 Å². The van der Waals surface area contributed by atoms with Gasteiger partial charge in [0.2, 0.25) is 5.91 Å². The number of nitrogens with one attached hydrogen (secondary N) is 1.